The van der Waals surface area contributed by atoms with Crippen molar-refractivity contribution in [3.05, 3.63) is 60.2 Å². The maximum absolute atomic E-state index is 12.3. The lowest BCUT2D eigenvalue weighted by Gasteiger charge is -2.20. The van der Waals surface area contributed by atoms with Gasteiger partial charge < -0.3 is 20.1 Å². The standard InChI is InChI=1S/C19H20N2O5/c1-2-21(15-6-4-3-5-7-15)18(23)13-26-19(24)14-8-10-16(11-9-14)25-12-17(20)22/h3-11H,2,12-13H2,1H3,(H2,20,22). The number of carbonyl (C=O) groups is 3. The Hall–Kier alpha value is -3.35. The van der Waals surface area contributed by atoms with Crippen molar-refractivity contribution in [1.82, 2.24) is 0 Å². The van der Waals surface area contributed by atoms with Gasteiger partial charge in [0, 0.05) is 12.2 Å². The minimum absolute atomic E-state index is 0.245. The lowest BCUT2D eigenvalue weighted by molar-refractivity contribution is -0.121. The summed E-state index contributed by atoms with van der Waals surface area (Å²) in [5, 5.41) is 0. The van der Waals surface area contributed by atoms with Gasteiger partial charge in [-0.15, -0.1) is 0 Å². The second-order valence-electron chi connectivity index (χ2n) is 5.33. The van der Waals surface area contributed by atoms with Gasteiger partial charge in [0.15, 0.2) is 13.2 Å². The van der Waals surface area contributed by atoms with Crippen LogP contribution in [-0.2, 0) is 14.3 Å². The third-order valence-electron chi connectivity index (χ3n) is 3.48. The number of primary amides is 1. The monoisotopic (exact) mass is 356 g/mol. The van der Waals surface area contributed by atoms with Crippen LogP contribution in [0.1, 0.15) is 17.3 Å². The number of para-hydroxylation sites is 1. The molecule has 0 aliphatic heterocycles. The number of hydrogen-bond donors (Lipinski definition) is 1. The fourth-order valence-corrected chi connectivity index (χ4v) is 2.24. The van der Waals surface area contributed by atoms with Crippen molar-refractivity contribution >= 4 is 23.5 Å². The van der Waals surface area contributed by atoms with Crippen LogP contribution in [0, 0.1) is 0 Å². The molecule has 2 amide bonds. The van der Waals surface area contributed by atoms with E-state index in [1.54, 1.807) is 0 Å². The molecule has 26 heavy (non-hydrogen) atoms. The first-order valence-corrected chi connectivity index (χ1v) is 8.05. The van der Waals surface area contributed by atoms with Crippen LogP contribution in [0.25, 0.3) is 0 Å². The van der Waals surface area contributed by atoms with E-state index in [9.17, 15) is 14.4 Å². The molecular weight excluding hydrogens is 336 g/mol. The maximum atomic E-state index is 12.3. The van der Waals surface area contributed by atoms with Crippen molar-refractivity contribution in [2.45, 2.75) is 6.92 Å². The summed E-state index contributed by atoms with van der Waals surface area (Å²) in [6, 6.07) is 15.2. The van der Waals surface area contributed by atoms with E-state index in [-0.39, 0.29) is 24.7 Å². The Morgan fingerprint density at radius 3 is 2.19 bits per heavy atom. The molecule has 0 radical (unpaired) electrons. The molecule has 7 heteroatoms. The van der Waals surface area contributed by atoms with Crippen molar-refractivity contribution < 1.29 is 23.9 Å². The second kappa shape index (κ2) is 9.22. The largest absolute Gasteiger partial charge is 0.484 e. The number of ether oxygens (including phenoxy) is 2. The molecule has 2 aromatic rings. The molecule has 0 atom stereocenters. The number of rotatable bonds is 8. The van der Waals surface area contributed by atoms with Gasteiger partial charge in [0.05, 0.1) is 5.56 Å². The van der Waals surface area contributed by atoms with E-state index in [0.717, 1.165) is 5.69 Å². The highest BCUT2D eigenvalue weighted by Crippen LogP contribution is 2.15. The summed E-state index contributed by atoms with van der Waals surface area (Å²) >= 11 is 0. The van der Waals surface area contributed by atoms with E-state index in [0.29, 0.717) is 12.3 Å². The molecule has 0 fully saturated rings. The maximum Gasteiger partial charge on any atom is 0.338 e. The molecule has 0 spiro atoms. The minimum Gasteiger partial charge on any atom is -0.484 e. The number of benzene rings is 2. The molecule has 0 heterocycles. The average Bonchev–Trinajstić information content (AvgIpc) is 2.66. The fraction of sp³-hybridized carbons (Fsp3) is 0.211. The first-order chi connectivity index (χ1) is 12.5. The predicted octanol–water partition coefficient (Wildman–Crippen LogP) is 1.76. The molecule has 0 aliphatic rings. The van der Waals surface area contributed by atoms with Gasteiger partial charge in [-0.05, 0) is 43.3 Å². The van der Waals surface area contributed by atoms with E-state index in [2.05, 4.69) is 0 Å². The van der Waals surface area contributed by atoms with Gasteiger partial charge in [-0.1, -0.05) is 18.2 Å². The van der Waals surface area contributed by atoms with E-state index in [1.165, 1.54) is 29.2 Å². The van der Waals surface area contributed by atoms with Gasteiger partial charge in [-0.2, -0.15) is 0 Å². The summed E-state index contributed by atoms with van der Waals surface area (Å²) in [6.07, 6.45) is 0. The Morgan fingerprint density at radius 2 is 1.62 bits per heavy atom. The highest BCUT2D eigenvalue weighted by Gasteiger charge is 2.16. The zero-order valence-corrected chi connectivity index (χ0v) is 14.4. The van der Waals surface area contributed by atoms with Gasteiger partial charge in [0.25, 0.3) is 11.8 Å². The molecular formula is C19H20N2O5. The summed E-state index contributed by atoms with van der Waals surface area (Å²) in [5.41, 5.74) is 6.00. The lowest BCUT2D eigenvalue weighted by Crippen LogP contribution is -2.34. The van der Waals surface area contributed by atoms with Crippen molar-refractivity contribution in [3.8, 4) is 5.75 Å². The Morgan fingerprint density at radius 1 is 0.962 bits per heavy atom. The summed E-state index contributed by atoms with van der Waals surface area (Å²) in [7, 11) is 0. The summed E-state index contributed by atoms with van der Waals surface area (Å²) in [5.74, 6) is -1.12. The Balaban J connectivity index is 1.91. The molecule has 0 saturated carbocycles. The third kappa shape index (κ3) is 5.34. The SMILES string of the molecule is CCN(C(=O)COC(=O)c1ccc(OCC(N)=O)cc1)c1ccccc1. The van der Waals surface area contributed by atoms with Gasteiger partial charge in [-0.3, -0.25) is 9.59 Å². The Labute approximate surface area is 151 Å². The molecule has 2 rings (SSSR count). The van der Waals surface area contributed by atoms with Crippen LogP contribution in [0.2, 0.25) is 0 Å². The number of esters is 1. The van der Waals surface area contributed by atoms with Crippen molar-refractivity contribution in [2.24, 2.45) is 5.73 Å². The van der Waals surface area contributed by atoms with Gasteiger partial charge in [-0.25, -0.2) is 4.79 Å². The molecule has 0 aliphatic carbocycles. The summed E-state index contributed by atoms with van der Waals surface area (Å²) in [4.78, 5) is 36.6. The number of nitrogens with zero attached hydrogens (tertiary/aromatic N) is 1. The second-order valence-corrected chi connectivity index (χ2v) is 5.33. The van der Waals surface area contributed by atoms with Crippen molar-refractivity contribution in [1.29, 1.82) is 0 Å². The van der Waals surface area contributed by atoms with E-state index in [4.69, 9.17) is 15.2 Å². The normalized spacial score (nSPS) is 10.0. The highest BCUT2D eigenvalue weighted by molar-refractivity contribution is 5.97. The van der Waals surface area contributed by atoms with Gasteiger partial charge in [0.2, 0.25) is 0 Å². The first-order valence-electron chi connectivity index (χ1n) is 8.05. The van der Waals surface area contributed by atoms with Gasteiger partial charge in [0.1, 0.15) is 5.75 Å². The predicted molar refractivity (Wildman–Crippen MR) is 95.9 cm³/mol. The van der Waals surface area contributed by atoms with Crippen molar-refractivity contribution in [3.63, 3.8) is 0 Å². The molecule has 0 saturated heterocycles. The van der Waals surface area contributed by atoms with E-state index in [1.807, 2.05) is 37.3 Å². The summed E-state index contributed by atoms with van der Waals surface area (Å²) < 4.78 is 10.2. The van der Waals surface area contributed by atoms with Crippen molar-refractivity contribution in [2.75, 3.05) is 24.7 Å². The van der Waals surface area contributed by atoms with E-state index < -0.39 is 11.9 Å². The molecule has 2 N–H and O–H groups in total. The van der Waals surface area contributed by atoms with Crippen LogP contribution in [0.15, 0.2) is 54.6 Å². The van der Waals surface area contributed by atoms with Crippen LogP contribution in [-0.4, -0.2) is 37.5 Å². The van der Waals surface area contributed by atoms with Crippen LogP contribution in [0.5, 0.6) is 5.75 Å². The molecule has 136 valence electrons. The Kier molecular flexibility index (Phi) is 6.73. The summed E-state index contributed by atoms with van der Waals surface area (Å²) in [6.45, 7) is 1.70. The highest BCUT2D eigenvalue weighted by atomic mass is 16.5. The van der Waals surface area contributed by atoms with Gasteiger partial charge >= 0.3 is 5.97 Å². The zero-order chi connectivity index (χ0) is 18.9. The average molecular weight is 356 g/mol. The lowest BCUT2D eigenvalue weighted by atomic mass is 10.2. The fourth-order valence-electron chi connectivity index (χ4n) is 2.24. The topological polar surface area (TPSA) is 98.9 Å². The van der Waals surface area contributed by atoms with Crippen LogP contribution in [0.3, 0.4) is 0 Å². The smallest absolute Gasteiger partial charge is 0.338 e. The number of nitrogens with two attached hydrogens (primary N) is 1. The molecule has 0 bridgehead atoms. The van der Waals surface area contributed by atoms with Crippen LogP contribution < -0.4 is 15.4 Å². The van der Waals surface area contributed by atoms with Crippen LogP contribution in [0.4, 0.5) is 5.69 Å². The number of likely N-dealkylation sites (N-methyl/N-ethyl adjacent to an activating group) is 1. The number of amides is 2. The molecule has 0 aromatic heterocycles. The molecule has 2 aromatic carbocycles. The number of hydrogen-bond acceptors (Lipinski definition) is 5. The Bertz CT molecular complexity index is 759. The first kappa shape index (κ1) is 19.0. The zero-order valence-electron chi connectivity index (χ0n) is 14.4. The number of anilines is 1. The minimum atomic E-state index is -0.621. The molecule has 0 unspecified atom stereocenters. The quantitative estimate of drug-likeness (QED) is 0.727. The molecule has 7 nitrogen and oxygen atoms in total. The number of carbonyl (C=O) groups excluding carboxylic acids is 3. The van der Waals surface area contributed by atoms with E-state index >= 15 is 0 Å². The van der Waals surface area contributed by atoms with Crippen LogP contribution >= 0.6 is 0 Å². The third-order valence-corrected chi connectivity index (χ3v) is 3.48.